The minimum absolute atomic E-state index is 0.0772. The largest absolute Gasteiger partial charge is 0.383 e. The summed E-state index contributed by atoms with van der Waals surface area (Å²) in [6, 6.07) is 5.09. The molecule has 0 saturated heterocycles. The lowest BCUT2D eigenvalue weighted by Crippen LogP contribution is -2.15. The SMILES string of the molecule is CC(C)(C)c1cc2cc(Br)c(F)cc2nc1N. The maximum Gasteiger partial charge on any atom is 0.139 e. The number of fused-ring (bicyclic) bond motifs is 1. The van der Waals surface area contributed by atoms with Crippen molar-refractivity contribution in [3.8, 4) is 0 Å². The van der Waals surface area contributed by atoms with Gasteiger partial charge in [-0.2, -0.15) is 0 Å². The molecule has 2 N–H and O–H groups in total. The van der Waals surface area contributed by atoms with Crippen LogP contribution in [0.3, 0.4) is 0 Å². The number of benzene rings is 1. The molecule has 1 aromatic heterocycles. The van der Waals surface area contributed by atoms with E-state index in [2.05, 4.69) is 41.7 Å². The van der Waals surface area contributed by atoms with E-state index in [-0.39, 0.29) is 11.2 Å². The van der Waals surface area contributed by atoms with Crippen LogP contribution in [-0.4, -0.2) is 4.98 Å². The van der Waals surface area contributed by atoms with E-state index in [1.54, 1.807) is 6.07 Å². The highest BCUT2D eigenvalue weighted by Gasteiger charge is 2.19. The Balaban J connectivity index is 2.76. The van der Waals surface area contributed by atoms with Crippen LogP contribution < -0.4 is 5.73 Å². The molecule has 0 spiro atoms. The summed E-state index contributed by atoms with van der Waals surface area (Å²) in [5, 5.41) is 0.886. The Hall–Kier alpha value is -1.16. The molecule has 0 fully saturated rings. The van der Waals surface area contributed by atoms with Crippen molar-refractivity contribution >= 4 is 32.7 Å². The summed E-state index contributed by atoms with van der Waals surface area (Å²) in [5.74, 6) is 0.139. The number of hydrogen-bond acceptors (Lipinski definition) is 2. The number of rotatable bonds is 0. The van der Waals surface area contributed by atoms with Gasteiger partial charge in [0.15, 0.2) is 0 Å². The van der Waals surface area contributed by atoms with Gasteiger partial charge in [-0.3, -0.25) is 0 Å². The molecule has 4 heteroatoms. The van der Waals surface area contributed by atoms with Gasteiger partial charge in [0.25, 0.3) is 0 Å². The first-order chi connectivity index (χ1) is 7.79. The van der Waals surface area contributed by atoms with Crippen LogP contribution in [0, 0.1) is 5.82 Å². The number of hydrogen-bond donors (Lipinski definition) is 1. The summed E-state index contributed by atoms with van der Waals surface area (Å²) in [4.78, 5) is 4.26. The predicted octanol–water partition coefficient (Wildman–Crippen LogP) is 4.02. The molecule has 0 saturated carbocycles. The van der Waals surface area contributed by atoms with E-state index in [0.29, 0.717) is 15.8 Å². The quantitative estimate of drug-likeness (QED) is 0.797. The molecule has 1 aromatic carbocycles. The van der Waals surface area contributed by atoms with Crippen molar-refractivity contribution in [2.45, 2.75) is 26.2 Å². The van der Waals surface area contributed by atoms with Gasteiger partial charge in [0.1, 0.15) is 11.6 Å². The van der Waals surface area contributed by atoms with Crippen LogP contribution in [0.4, 0.5) is 10.2 Å². The Kier molecular flexibility index (Phi) is 2.86. The van der Waals surface area contributed by atoms with Gasteiger partial charge < -0.3 is 5.73 Å². The summed E-state index contributed by atoms with van der Waals surface area (Å²) < 4.78 is 13.8. The standard InChI is InChI=1S/C13H14BrFN2/c1-13(2,3)8-4-7-5-9(14)10(15)6-11(7)17-12(8)16/h4-6H,1-3H3,(H2,16,17). The lowest BCUT2D eigenvalue weighted by atomic mass is 9.86. The van der Waals surface area contributed by atoms with Crippen LogP contribution in [-0.2, 0) is 5.41 Å². The first kappa shape index (κ1) is 12.3. The van der Waals surface area contributed by atoms with E-state index in [9.17, 15) is 4.39 Å². The van der Waals surface area contributed by atoms with E-state index in [1.807, 2.05) is 6.07 Å². The first-order valence-corrected chi connectivity index (χ1v) is 6.14. The first-order valence-electron chi connectivity index (χ1n) is 5.35. The molecule has 0 unspecified atom stereocenters. The molecule has 0 amide bonds. The van der Waals surface area contributed by atoms with Crippen molar-refractivity contribution in [1.82, 2.24) is 4.98 Å². The molecular formula is C13H14BrFN2. The van der Waals surface area contributed by atoms with Crippen molar-refractivity contribution in [3.05, 3.63) is 34.1 Å². The number of aromatic nitrogens is 1. The molecule has 2 nitrogen and oxygen atoms in total. The molecule has 2 rings (SSSR count). The van der Waals surface area contributed by atoms with Crippen LogP contribution >= 0.6 is 15.9 Å². The maximum absolute atomic E-state index is 13.4. The smallest absolute Gasteiger partial charge is 0.139 e. The Bertz CT molecular complexity index is 588. The Labute approximate surface area is 108 Å². The summed E-state index contributed by atoms with van der Waals surface area (Å²) in [6.45, 7) is 6.22. The van der Waals surface area contributed by atoms with Gasteiger partial charge in [0.2, 0.25) is 0 Å². The molecule has 0 aliphatic heterocycles. The van der Waals surface area contributed by atoms with Gasteiger partial charge in [-0.1, -0.05) is 20.8 Å². The van der Waals surface area contributed by atoms with E-state index in [0.717, 1.165) is 10.9 Å². The second-order valence-electron chi connectivity index (χ2n) is 5.13. The van der Waals surface area contributed by atoms with Gasteiger partial charge in [0, 0.05) is 17.0 Å². The van der Waals surface area contributed by atoms with Crippen molar-refractivity contribution in [1.29, 1.82) is 0 Å². The fourth-order valence-electron chi connectivity index (χ4n) is 1.78. The van der Waals surface area contributed by atoms with E-state index in [1.165, 1.54) is 6.07 Å². The summed E-state index contributed by atoms with van der Waals surface area (Å²) >= 11 is 3.18. The second-order valence-corrected chi connectivity index (χ2v) is 5.98. The maximum atomic E-state index is 13.4. The molecule has 0 radical (unpaired) electrons. The summed E-state index contributed by atoms with van der Waals surface area (Å²) in [6.07, 6.45) is 0. The van der Waals surface area contributed by atoms with Crippen LogP contribution in [0.2, 0.25) is 0 Å². The predicted molar refractivity (Wildman–Crippen MR) is 72.5 cm³/mol. The van der Waals surface area contributed by atoms with Crippen LogP contribution in [0.25, 0.3) is 10.9 Å². The zero-order chi connectivity index (χ0) is 12.8. The summed E-state index contributed by atoms with van der Waals surface area (Å²) in [5.41, 5.74) is 7.39. The average molecular weight is 297 g/mol. The topological polar surface area (TPSA) is 38.9 Å². The third kappa shape index (κ3) is 2.27. The fourth-order valence-corrected chi connectivity index (χ4v) is 2.15. The molecule has 1 heterocycles. The van der Waals surface area contributed by atoms with Crippen molar-refractivity contribution in [3.63, 3.8) is 0 Å². The monoisotopic (exact) mass is 296 g/mol. The lowest BCUT2D eigenvalue weighted by Gasteiger charge is -2.21. The average Bonchev–Trinajstić information content (AvgIpc) is 2.18. The second kappa shape index (κ2) is 3.95. The minimum Gasteiger partial charge on any atom is -0.383 e. The molecule has 2 aromatic rings. The molecule has 0 aliphatic carbocycles. The lowest BCUT2D eigenvalue weighted by molar-refractivity contribution is 0.591. The zero-order valence-corrected chi connectivity index (χ0v) is 11.6. The molecule has 0 aliphatic rings. The van der Waals surface area contributed by atoms with Gasteiger partial charge in [-0.25, -0.2) is 9.37 Å². The van der Waals surface area contributed by atoms with Gasteiger partial charge in [-0.05, 0) is 33.5 Å². The van der Waals surface area contributed by atoms with Gasteiger partial charge >= 0.3 is 0 Å². The summed E-state index contributed by atoms with van der Waals surface area (Å²) in [7, 11) is 0. The van der Waals surface area contributed by atoms with E-state index in [4.69, 9.17) is 5.73 Å². The molecule has 90 valence electrons. The number of nitrogens with zero attached hydrogens (tertiary/aromatic N) is 1. The van der Waals surface area contributed by atoms with E-state index < -0.39 is 0 Å². The highest BCUT2D eigenvalue weighted by atomic mass is 79.9. The third-order valence-corrected chi connectivity index (χ3v) is 3.30. The minimum atomic E-state index is -0.326. The third-order valence-electron chi connectivity index (χ3n) is 2.69. The van der Waals surface area contributed by atoms with Crippen molar-refractivity contribution in [2.75, 3.05) is 5.73 Å². The molecular weight excluding hydrogens is 283 g/mol. The Morgan fingerprint density at radius 1 is 1.24 bits per heavy atom. The molecule has 17 heavy (non-hydrogen) atoms. The number of halogens is 2. The number of anilines is 1. The molecule has 0 atom stereocenters. The van der Waals surface area contributed by atoms with Crippen LogP contribution in [0.5, 0.6) is 0 Å². The van der Waals surface area contributed by atoms with Crippen molar-refractivity contribution in [2.24, 2.45) is 0 Å². The highest BCUT2D eigenvalue weighted by molar-refractivity contribution is 9.10. The zero-order valence-electron chi connectivity index (χ0n) is 10.0. The number of nitrogens with two attached hydrogens (primary N) is 1. The van der Waals surface area contributed by atoms with Gasteiger partial charge in [0.05, 0.1) is 9.99 Å². The van der Waals surface area contributed by atoms with Gasteiger partial charge in [-0.15, -0.1) is 0 Å². The van der Waals surface area contributed by atoms with Crippen LogP contribution in [0.1, 0.15) is 26.3 Å². The Morgan fingerprint density at radius 2 is 1.88 bits per heavy atom. The number of nitrogen functional groups attached to an aromatic ring is 1. The normalized spacial score (nSPS) is 12.1. The van der Waals surface area contributed by atoms with E-state index >= 15 is 0 Å². The Morgan fingerprint density at radius 3 is 2.47 bits per heavy atom. The fraction of sp³-hybridized carbons (Fsp3) is 0.308. The van der Waals surface area contributed by atoms with Crippen molar-refractivity contribution < 1.29 is 4.39 Å². The highest BCUT2D eigenvalue weighted by Crippen LogP contribution is 2.31. The number of pyridine rings is 1. The molecule has 0 bridgehead atoms. The van der Waals surface area contributed by atoms with Crippen LogP contribution in [0.15, 0.2) is 22.7 Å².